The van der Waals surface area contributed by atoms with E-state index in [9.17, 15) is 9.59 Å². The summed E-state index contributed by atoms with van der Waals surface area (Å²) in [6, 6.07) is 11.6. The maximum Gasteiger partial charge on any atom is 0.339 e. The largest absolute Gasteiger partial charge is 0.465 e. The first-order chi connectivity index (χ1) is 13.4. The van der Waals surface area contributed by atoms with Crippen LogP contribution >= 0.6 is 34.8 Å². The van der Waals surface area contributed by atoms with E-state index >= 15 is 0 Å². The van der Waals surface area contributed by atoms with Crippen LogP contribution in [0.3, 0.4) is 0 Å². The molecule has 1 heterocycles. The van der Waals surface area contributed by atoms with Crippen LogP contribution in [0.2, 0.25) is 10.0 Å². The van der Waals surface area contributed by atoms with Gasteiger partial charge in [-0.25, -0.2) is 4.79 Å². The second-order valence-electron chi connectivity index (χ2n) is 5.61. The zero-order chi connectivity index (χ0) is 20.3. The smallest absolute Gasteiger partial charge is 0.339 e. The van der Waals surface area contributed by atoms with Gasteiger partial charge in [0.05, 0.1) is 22.7 Å². The van der Waals surface area contributed by atoms with Gasteiger partial charge in [0.15, 0.2) is 5.76 Å². The Morgan fingerprint density at radius 2 is 1.96 bits per heavy atom. The Hall–Kier alpha value is -2.54. The summed E-state index contributed by atoms with van der Waals surface area (Å²) in [5, 5.41) is 7.09. The minimum atomic E-state index is -0.589. The maximum atomic E-state index is 11.9. The number of ether oxygens (including phenoxy) is 1. The fraction of sp³-hybridized carbons (Fsp3) is 0.105. The quantitative estimate of drug-likeness (QED) is 0.432. The Morgan fingerprint density at radius 3 is 2.68 bits per heavy atom. The Bertz CT molecular complexity index is 1050. The van der Waals surface area contributed by atoms with Gasteiger partial charge < -0.3 is 14.6 Å². The number of alkyl halides is 1. The average molecular weight is 440 g/mol. The summed E-state index contributed by atoms with van der Waals surface area (Å²) in [4.78, 5) is 23.3. The van der Waals surface area contributed by atoms with Gasteiger partial charge in [-0.15, -0.1) is 11.6 Å². The van der Waals surface area contributed by atoms with Gasteiger partial charge in [0.25, 0.3) is 0 Å². The second kappa shape index (κ2) is 8.65. The highest BCUT2D eigenvalue weighted by Crippen LogP contribution is 2.38. The molecule has 3 aromatic rings. The van der Waals surface area contributed by atoms with Crippen molar-refractivity contribution in [3.05, 3.63) is 58.1 Å². The normalized spacial score (nSPS) is 10.6. The molecule has 0 fully saturated rings. The van der Waals surface area contributed by atoms with E-state index < -0.39 is 5.97 Å². The predicted molar refractivity (Wildman–Crippen MR) is 108 cm³/mol. The lowest BCUT2D eigenvalue weighted by atomic mass is 10.1. The minimum Gasteiger partial charge on any atom is -0.465 e. The Morgan fingerprint density at radius 1 is 1.18 bits per heavy atom. The molecule has 2 aromatic carbocycles. The second-order valence-corrected chi connectivity index (χ2v) is 6.67. The molecule has 1 amide bonds. The topological polar surface area (TPSA) is 81.4 Å². The van der Waals surface area contributed by atoms with Crippen molar-refractivity contribution in [3.8, 4) is 22.6 Å². The third-order valence-electron chi connectivity index (χ3n) is 3.81. The molecule has 0 unspecified atom stereocenters. The molecule has 0 aliphatic carbocycles. The molecule has 0 aliphatic heterocycles. The number of halogens is 3. The minimum absolute atomic E-state index is 0.113. The number of carbonyl (C=O) groups excluding carboxylic acids is 2. The van der Waals surface area contributed by atoms with E-state index in [-0.39, 0.29) is 22.4 Å². The SMILES string of the molecule is COC(=O)c1ccc(Cl)c(-c2cc(-c3cccc(NC(=O)CCl)c3)on2)c1Cl. The molecule has 144 valence electrons. The van der Waals surface area contributed by atoms with E-state index in [2.05, 4.69) is 10.5 Å². The predicted octanol–water partition coefficient (Wildman–Crippen LogP) is 5.28. The van der Waals surface area contributed by atoms with Crippen molar-refractivity contribution < 1.29 is 18.8 Å². The number of anilines is 1. The first-order valence-electron chi connectivity index (χ1n) is 7.94. The van der Waals surface area contributed by atoms with Crippen molar-refractivity contribution in [2.45, 2.75) is 0 Å². The molecule has 0 saturated carbocycles. The number of nitrogens with one attached hydrogen (secondary N) is 1. The zero-order valence-electron chi connectivity index (χ0n) is 14.5. The van der Waals surface area contributed by atoms with Crippen molar-refractivity contribution in [2.24, 2.45) is 0 Å². The molecule has 0 bridgehead atoms. The first kappa shape index (κ1) is 20.2. The summed E-state index contributed by atoms with van der Waals surface area (Å²) in [5.74, 6) is -0.637. The number of aromatic nitrogens is 1. The van der Waals surface area contributed by atoms with Crippen LogP contribution in [0.15, 0.2) is 47.0 Å². The van der Waals surface area contributed by atoms with Crippen LogP contribution in [0.25, 0.3) is 22.6 Å². The van der Waals surface area contributed by atoms with Gasteiger partial charge >= 0.3 is 5.97 Å². The van der Waals surface area contributed by atoms with Crippen molar-refractivity contribution in [3.63, 3.8) is 0 Å². The van der Waals surface area contributed by atoms with Gasteiger partial charge in [-0.2, -0.15) is 0 Å². The van der Waals surface area contributed by atoms with Crippen molar-refractivity contribution in [1.29, 1.82) is 0 Å². The third-order valence-corrected chi connectivity index (χ3v) is 4.77. The molecule has 0 aliphatic rings. The molecule has 0 atom stereocenters. The van der Waals surface area contributed by atoms with E-state index in [0.29, 0.717) is 33.3 Å². The number of rotatable bonds is 5. The number of carbonyl (C=O) groups is 2. The van der Waals surface area contributed by atoms with Gasteiger partial charge in [-0.05, 0) is 24.3 Å². The van der Waals surface area contributed by atoms with Crippen LogP contribution in [-0.2, 0) is 9.53 Å². The lowest BCUT2D eigenvalue weighted by Gasteiger charge is -2.08. The van der Waals surface area contributed by atoms with Crippen LogP contribution in [0.4, 0.5) is 5.69 Å². The number of benzene rings is 2. The summed E-state index contributed by atoms with van der Waals surface area (Å²) in [6.45, 7) is 0. The molecule has 1 aromatic heterocycles. The number of methoxy groups -OCH3 is 1. The maximum absolute atomic E-state index is 11.9. The lowest BCUT2D eigenvalue weighted by Crippen LogP contribution is -2.12. The van der Waals surface area contributed by atoms with Crippen molar-refractivity contribution in [1.82, 2.24) is 5.16 Å². The standard InChI is InChI=1S/C19H13Cl3N2O4/c1-27-19(26)12-5-6-13(21)17(18(12)22)14-8-15(28-24-14)10-3-2-4-11(7-10)23-16(25)9-20/h2-8H,9H2,1H3,(H,23,25). The van der Waals surface area contributed by atoms with Gasteiger partial charge in [-0.1, -0.05) is 40.5 Å². The van der Waals surface area contributed by atoms with Crippen LogP contribution in [0, 0.1) is 0 Å². The molecule has 0 spiro atoms. The van der Waals surface area contributed by atoms with E-state index in [4.69, 9.17) is 44.1 Å². The van der Waals surface area contributed by atoms with Gasteiger partial charge in [0, 0.05) is 22.9 Å². The molecule has 9 heteroatoms. The van der Waals surface area contributed by atoms with E-state index in [1.165, 1.54) is 19.2 Å². The number of hydrogen-bond donors (Lipinski definition) is 1. The van der Waals surface area contributed by atoms with Crippen molar-refractivity contribution in [2.75, 3.05) is 18.3 Å². The average Bonchev–Trinajstić information content (AvgIpc) is 3.17. The molecule has 6 nitrogen and oxygen atoms in total. The fourth-order valence-electron chi connectivity index (χ4n) is 2.53. The van der Waals surface area contributed by atoms with Crippen LogP contribution < -0.4 is 5.32 Å². The fourth-order valence-corrected chi connectivity index (χ4v) is 3.24. The Balaban J connectivity index is 1.99. The molecule has 3 rings (SSSR count). The molecule has 1 N–H and O–H groups in total. The number of nitrogens with zero attached hydrogens (tertiary/aromatic N) is 1. The van der Waals surface area contributed by atoms with Crippen LogP contribution in [0.5, 0.6) is 0 Å². The third kappa shape index (κ3) is 4.14. The number of amides is 1. The van der Waals surface area contributed by atoms with E-state index in [0.717, 1.165) is 0 Å². The van der Waals surface area contributed by atoms with Gasteiger partial charge in [0.1, 0.15) is 11.6 Å². The molecule has 0 saturated heterocycles. The highest BCUT2D eigenvalue weighted by molar-refractivity contribution is 6.41. The summed E-state index contributed by atoms with van der Waals surface area (Å²) in [5.41, 5.74) is 2.10. The molecule has 28 heavy (non-hydrogen) atoms. The molecular formula is C19H13Cl3N2O4. The molecule has 0 radical (unpaired) electrons. The van der Waals surface area contributed by atoms with Gasteiger partial charge in [0.2, 0.25) is 5.91 Å². The zero-order valence-corrected chi connectivity index (χ0v) is 16.7. The van der Waals surface area contributed by atoms with Crippen molar-refractivity contribution >= 4 is 52.4 Å². The van der Waals surface area contributed by atoms with Gasteiger partial charge in [-0.3, -0.25) is 4.79 Å². The lowest BCUT2D eigenvalue weighted by molar-refractivity contribution is -0.113. The van der Waals surface area contributed by atoms with E-state index in [1.54, 1.807) is 30.3 Å². The van der Waals surface area contributed by atoms with Crippen LogP contribution in [0.1, 0.15) is 10.4 Å². The highest BCUT2D eigenvalue weighted by Gasteiger charge is 2.21. The summed E-state index contributed by atoms with van der Waals surface area (Å²) >= 11 is 18.1. The summed E-state index contributed by atoms with van der Waals surface area (Å²) < 4.78 is 10.1. The monoisotopic (exact) mass is 438 g/mol. The Labute approximate surface area is 175 Å². The molecular weight excluding hydrogens is 427 g/mol. The highest BCUT2D eigenvalue weighted by atomic mass is 35.5. The number of hydrogen-bond acceptors (Lipinski definition) is 5. The first-order valence-corrected chi connectivity index (χ1v) is 9.23. The van der Waals surface area contributed by atoms with Crippen LogP contribution in [-0.4, -0.2) is 30.0 Å². The summed E-state index contributed by atoms with van der Waals surface area (Å²) in [6.07, 6.45) is 0. The Kier molecular flexibility index (Phi) is 6.24. The summed E-state index contributed by atoms with van der Waals surface area (Å²) in [7, 11) is 1.26. The number of esters is 1. The van der Waals surface area contributed by atoms with E-state index in [1.807, 2.05) is 0 Å².